The SMILES string of the molecule is C.CC.CC(C)(C)OC(=O)N1CC(CCO[Si](C)(C)C(C)(C)C)n2nc(-c3ccc(F)c(Cl)c3)cc2C1=O.CC(C)(C)OC(=O)N1Cc2c(I)c(-c3ccc(F)c(Cl)c3)nn2C(CCO[Si](C)(C)C(C)(C)C)C1.CC(C)(C)OC(=O)N1Cc2cc(-c3ccc(F)c(Cl)c3)nn2C(CCO[Si](C)(C)C(C)(C)C)C1.CN.[C-]#[N+]c1c(-c2ccc(F)c(Cl)c2)nn2c1CN(C(=O)OC(C)(C)C)CC2CCO[Si](C)(C)C(C)(C)C.[CH3-].[K+]. The Balaban J connectivity index is 0.000000401. The molecular weight excluding hydrogens is 2170 g/mol. The number of ether oxygens (including phenoxy) is 4. The second-order valence-corrected chi connectivity index (χ2v) is 68.2. The topological polar surface area (TPSA) is 274 Å². The summed E-state index contributed by atoms with van der Waals surface area (Å²) in [5, 5.41) is 19.6. The molecule has 4 atom stereocenters. The molecule has 4 aromatic carbocycles. The van der Waals surface area contributed by atoms with Gasteiger partial charge in [0.2, 0.25) is 5.69 Å². The van der Waals surface area contributed by atoms with Gasteiger partial charge in [-0.3, -0.25) is 23.5 Å². The van der Waals surface area contributed by atoms with Gasteiger partial charge in [-0.15, -0.1) is 0 Å². The summed E-state index contributed by atoms with van der Waals surface area (Å²) in [5.74, 6) is -2.50. The minimum absolute atomic E-state index is 0. The number of nitrogens with zero attached hydrogens (tertiary/aromatic N) is 13. The molecule has 0 radical (unpaired) electrons. The van der Waals surface area contributed by atoms with Crippen LogP contribution in [0.3, 0.4) is 0 Å². The number of benzene rings is 4. The molecule has 2 N–H and O–H groups in total. The van der Waals surface area contributed by atoms with Gasteiger partial charge in [-0.25, -0.2) is 46.5 Å². The minimum Gasteiger partial charge on any atom is -0.444 e. The van der Waals surface area contributed by atoms with Crippen molar-refractivity contribution in [2.45, 2.75) is 352 Å². The van der Waals surface area contributed by atoms with Crippen molar-refractivity contribution in [1.29, 1.82) is 0 Å². The van der Waals surface area contributed by atoms with Crippen LogP contribution < -0.4 is 57.1 Å². The number of rotatable bonds is 20. The van der Waals surface area contributed by atoms with Crippen molar-refractivity contribution in [3.8, 4) is 45.0 Å². The van der Waals surface area contributed by atoms with E-state index in [0.717, 1.165) is 36.7 Å². The van der Waals surface area contributed by atoms with Crippen LogP contribution in [0.1, 0.15) is 265 Å². The van der Waals surface area contributed by atoms with Crippen molar-refractivity contribution in [3.63, 3.8) is 0 Å². The van der Waals surface area contributed by atoms with Gasteiger partial charge in [-0.05, 0) is 295 Å². The molecular formula is C106H162Cl4F4IKN14O13Si4. The molecule has 8 aromatic rings. The molecule has 41 heteroatoms. The largest absolute Gasteiger partial charge is 1.00 e. The van der Waals surface area contributed by atoms with E-state index in [1.807, 2.05) is 96.3 Å². The van der Waals surface area contributed by atoms with Crippen LogP contribution >= 0.6 is 69.0 Å². The molecule has 4 aromatic heterocycles. The van der Waals surface area contributed by atoms with E-state index >= 15 is 0 Å². The number of carbonyl (C=O) groups is 5. The maximum absolute atomic E-state index is 13.8. The molecule has 0 spiro atoms. The van der Waals surface area contributed by atoms with E-state index in [0.29, 0.717) is 124 Å². The van der Waals surface area contributed by atoms with E-state index in [9.17, 15) is 41.5 Å². The first kappa shape index (κ1) is 133. The summed E-state index contributed by atoms with van der Waals surface area (Å²) in [5.41, 5.74) is 9.87. The second kappa shape index (κ2) is 53.3. The number of hydrogen-bond acceptors (Lipinski definition) is 18. The molecule has 814 valence electrons. The van der Waals surface area contributed by atoms with E-state index in [1.165, 1.54) is 43.4 Å². The number of carbonyl (C=O) groups excluding carboxylic acids is 5. The molecule has 5 amide bonds. The summed E-state index contributed by atoms with van der Waals surface area (Å²) in [4.78, 5) is 75.0. The van der Waals surface area contributed by atoms with Crippen molar-refractivity contribution in [3.05, 3.63) is 173 Å². The number of amides is 5. The maximum Gasteiger partial charge on any atom is 1.00 e. The number of halogens is 9. The fourth-order valence-electron chi connectivity index (χ4n) is 14.5. The first-order chi connectivity index (χ1) is 66.1. The molecule has 0 aliphatic carbocycles. The van der Waals surface area contributed by atoms with Gasteiger partial charge in [-0.1, -0.05) is 157 Å². The Kier molecular flexibility index (Phi) is 48.3. The molecule has 4 aliphatic heterocycles. The third-order valence-corrected chi connectivity index (χ3v) is 46.9. The monoisotopic (exact) mass is 2330 g/mol. The zero-order valence-electron chi connectivity index (χ0n) is 93.1. The maximum atomic E-state index is 13.8. The van der Waals surface area contributed by atoms with Crippen LogP contribution in [0.5, 0.6) is 0 Å². The molecule has 0 saturated heterocycles. The predicted molar refractivity (Wildman–Crippen MR) is 599 cm³/mol. The van der Waals surface area contributed by atoms with Gasteiger partial charge in [-0.2, -0.15) is 20.4 Å². The zero-order valence-corrected chi connectivity index (χ0v) is 105. The molecule has 0 bridgehead atoms. The Morgan fingerprint density at radius 2 is 0.694 bits per heavy atom. The fraction of sp³-hybridized carbons (Fsp3) is 0.594. The Morgan fingerprint density at radius 1 is 0.415 bits per heavy atom. The van der Waals surface area contributed by atoms with Crippen molar-refractivity contribution in [2.75, 3.05) is 59.7 Å². The Morgan fingerprint density at radius 3 is 1.03 bits per heavy atom. The van der Waals surface area contributed by atoms with Gasteiger partial charge in [0.05, 0.1) is 115 Å². The minimum atomic E-state index is -1.98. The molecule has 147 heavy (non-hydrogen) atoms. The fourth-order valence-corrected chi connectivity index (χ4v) is 20.3. The standard InChI is InChI=1S/C26H36ClFN4O3Si.C25H36ClFIN3O3Si.C25H35ClFN3O4Si.C25H37ClFN3O3Si.C2H6.CH5N.CH4.CH3.K/c1-25(2,3)35-24(33)31-15-18(12-13-34-36(8,9)26(4,5)6)32-21(16-31)23(29-7)22(30-32)17-10-11-20(28)19(27)14-17;1-24(2,3)34-23(32)30-14-17(11-12-33-35(7,8)25(4,5)6)31-20(15-30)21(28)22(29-31)16-9-10-19(27)18(26)13-16;1-24(2,3)34-23(32)29-15-17(11-12-33-35(7,8)25(4,5)6)30-21(22(29)31)14-20(28-30)16-9-10-19(27)18(26)13-16;1-24(2,3)33-23(31)29-15-18(11-12-32-34(7,8)25(4,5)6)30-19(16-29)14-22(28-30)17-9-10-21(27)20(26)13-17;2*1-2;;;/h10-11,14,18H,12-13,15-16H2,1-6,8-9H3;9-10,13,17H,11-12,14-15H2,1-8H3;9-10,13-14,17H,11-12,15H2,1-8H3;9-10,13-14,18H,11-12,15-16H2,1-8H3;1-2H3;2H2,1H3;1H4;1H3;/q;;;;;;;-1;+1. The summed E-state index contributed by atoms with van der Waals surface area (Å²) >= 11 is 26.3. The van der Waals surface area contributed by atoms with Gasteiger partial charge < -0.3 is 64.5 Å². The third-order valence-electron chi connectivity index (χ3n) is 26.4. The van der Waals surface area contributed by atoms with E-state index in [1.54, 1.807) is 82.6 Å². The van der Waals surface area contributed by atoms with E-state index in [-0.39, 0.29) is 162 Å². The smallest absolute Gasteiger partial charge is 0.444 e. The molecule has 27 nitrogen and oxygen atoms in total. The van der Waals surface area contributed by atoms with Gasteiger partial charge >= 0.3 is 75.8 Å². The molecule has 4 unspecified atom stereocenters. The Hall–Kier alpha value is -6.13. The van der Waals surface area contributed by atoms with Gasteiger partial charge in [0, 0.05) is 62.8 Å². The number of nitrogens with two attached hydrogens (primary N) is 1. The summed E-state index contributed by atoms with van der Waals surface area (Å²) < 4.78 is 111. The molecule has 8 heterocycles. The quantitative estimate of drug-likeness (QED) is 0.0244. The van der Waals surface area contributed by atoms with Crippen LogP contribution in [0.4, 0.5) is 42.4 Å². The van der Waals surface area contributed by atoms with Crippen LogP contribution in [0.25, 0.3) is 49.9 Å². The van der Waals surface area contributed by atoms with Crippen molar-refractivity contribution < 1.29 is 130 Å². The van der Waals surface area contributed by atoms with Gasteiger partial charge in [0.25, 0.3) is 5.91 Å². The van der Waals surface area contributed by atoms with Crippen LogP contribution in [0.2, 0.25) is 92.6 Å². The second-order valence-electron chi connectivity index (χ2n) is 46.3. The van der Waals surface area contributed by atoms with Crippen molar-refractivity contribution >= 4 is 138 Å². The molecule has 0 saturated carbocycles. The number of imide groups is 1. The van der Waals surface area contributed by atoms with Crippen molar-refractivity contribution in [2.24, 2.45) is 5.73 Å². The van der Waals surface area contributed by atoms with E-state index in [4.69, 9.17) is 105 Å². The van der Waals surface area contributed by atoms with Crippen LogP contribution in [-0.2, 0) is 56.3 Å². The summed E-state index contributed by atoms with van der Waals surface area (Å²) in [6.45, 7) is 82.5. The first-order valence-corrected chi connectivity index (χ1v) is 63.2. The summed E-state index contributed by atoms with van der Waals surface area (Å²) in [6.07, 6.45) is 0.761. The van der Waals surface area contributed by atoms with Crippen LogP contribution in [-0.4, -0.2) is 204 Å². The Bertz CT molecular complexity index is 5850. The molecule has 12 rings (SSSR count). The first-order valence-electron chi connectivity index (χ1n) is 49.0. The predicted octanol–water partition coefficient (Wildman–Crippen LogP) is 27.7. The molecule has 4 aliphatic rings. The van der Waals surface area contributed by atoms with Crippen molar-refractivity contribution in [1.82, 2.24) is 58.7 Å². The summed E-state index contributed by atoms with van der Waals surface area (Å²) in [6, 6.07) is 20.7. The normalized spacial score (nSPS) is 16.1. The average molecular weight is 2340 g/mol. The molecule has 0 fully saturated rings. The van der Waals surface area contributed by atoms with Crippen LogP contribution in [0, 0.1) is 40.8 Å². The van der Waals surface area contributed by atoms with E-state index in [2.05, 4.69) is 174 Å². The van der Waals surface area contributed by atoms with Gasteiger partial charge in [0.1, 0.15) is 57.1 Å². The average Bonchev–Trinajstić information content (AvgIpc) is 1.61. The van der Waals surface area contributed by atoms with Crippen LogP contribution in [0.15, 0.2) is 84.9 Å². The van der Waals surface area contributed by atoms with Gasteiger partial charge in [0.15, 0.2) is 33.3 Å². The number of fused-ring (bicyclic) bond motifs is 4. The third kappa shape index (κ3) is 36.0. The number of aromatic nitrogens is 8. The Labute approximate surface area is 953 Å². The van der Waals surface area contributed by atoms with E-state index < -0.39 is 97.0 Å². The summed E-state index contributed by atoms with van der Waals surface area (Å²) in [7, 11) is -6.24. The zero-order chi connectivity index (χ0) is 109. The number of hydrogen-bond donors (Lipinski definition) is 1.